The molecule has 4 N–H and O–H groups in total. The minimum atomic E-state index is -0.972. The molecule has 0 saturated carbocycles. The second-order valence-corrected chi connectivity index (χ2v) is 11.8. The Morgan fingerprint density at radius 1 is 1.18 bits per heavy atom. The van der Waals surface area contributed by atoms with Crippen LogP contribution in [0.5, 0.6) is 0 Å². The highest BCUT2D eigenvalue weighted by molar-refractivity contribution is 7.97. The molecule has 210 valence electrons. The maximum Gasteiger partial charge on any atom is 0.323 e. The number of likely N-dealkylation sites (N-methyl/N-ethyl adjacent to an activating group) is 1. The van der Waals surface area contributed by atoms with Gasteiger partial charge in [0.15, 0.2) is 0 Å². The van der Waals surface area contributed by atoms with Crippen molar-refractivity contribution in [3.63, 3.8) is 0 Å². The molecule has 4 heterocycles. The number of fused-ring (bicyclic) bond motifs is 2. The van der Waals surface area contributed by atoms with Crippen molar-refractivity contribution in [1.82, 2.24) is 19.9 Å². The fraction of sp³-hybridized carbons (Fsp3) is 0.552. The summed E-state index contributed by atoms with van der Waals surface area (Å²) in [6.07, 6.45) is 7.00. The van der Waals surface area contributed by atoms with Gasteiger partial charge in [-0.1, -0.05) is 6.07 Å². The lowest BCUT2D eigenvalue weighted by Gasteiger charge is -2.32. The van der Waals surface area contributed by atoms with Gasteiger partial charge in [0, 0.05) is 49.5 Å². The van der Waals surface area contributed by atoms with Crippen molar-refractivity contribution in [1.29, 1.82) is 0 Å². The third-order valence-corrected chi connectivity index (χ3v) is 8.90. The number of hydrogen-bond donors (Lipinski definition) is 4. The Hall–Kier alpha value is -2.82. The van der Waals surface area contributed by atoms with Crippen LogP contribution in [0.4, 0.5) is 11.5 Å². The van der Waals surface area contributed by atoms with E-state index in [-0.39, 0.29) is 18.4 Å². The molecule has 0 aliphatic carbocycles. The molecule has 5 rings (SSSR count). The zero-order valence-corrected chi connectivity index (χ0v) is 23.6. The first kappa shape index (κ1) is 27.7. The first-order valence-electron chi connectivity index (χ1n) is 14.2. The number of aryl methyl sites for hydroxylation is 2. The number of nitrogens with zero attached hydrogens (tertiary/aromatic N) is 3. The van der Waals surface area contributed by atoms with Gasteiger partial charge in [-0.15, -0.1) is 0 Å². The van der Waals surface area contributed by atoms with Gasteiger partial charge in [0.1, 0.15) is 11.9 Å². The summed E-state index contributed by atoms with van der Waals surface area (Å²) in [5.74, 6) is -0.0950. The van der Waals surface area contributed by atoms with Gasteiger partial charge in [-0.05, 0) is 105 Å². The van der Waals surface area contributed by atoms with Crippen LogP contribution in [0.2, 0.25) is 0 Å². The lowest BCUT2D eigenvalue weighted by Crippen LogP contribution is -2.48. The van der Waals surface area contributed by atoms with Gasteiger partial charge in [0.25, 0.3) is 0 Å². The Morgan fingerprint density at radius 3 is 2.95 bits per heavy atom. The van der Waals surface area contributed by atoms with Crippen LogP contribution in [0, 0.1) is 5.92 Å². The molecule has 1 saturated heterocycles. The molecule has 3 aliphatic heterocycles. The number of aliphatic carboxylic acids is 1. The van der Waals surface area contributed by atoms with Gasteiger partial charge in [0.05, 0.1) is 5.92 Å². The maximum atomic E-state index is 12.9. The monoisotopic (exact) mass is 552 g/mol. The molecule has 2 atom stereocenters. The molecule has 10 heteroatoms. The second-order valence-electron chi connectivity index (χ2n) is 10.9. The number of likely N-dealkylation sites (tertiary alicyclic amines) is 1. The van der Waals surface area contributed by atoms with E-state index in [1.807, 2.05) is 6.07 Å². The predicted molar refractivity (Wildman–Crippen MR) is 155 cm³/mol. The standard InChI is InChI=1S/C29H40N6O3S/c1-34-16-12-21-17-24(10-11-26(21)34)39-33-25(29(37)38)18-31-28(36)22-6-3-14-35(19-22)15-4-7-23-9-8-20-5-2-13-30-27(20)32-23/h8-11,17,22,25,33H,2-7,12-16,18-19H2,1H3,(H,30,32)(H,31,36)(H,37,38). The number of rotatable bonds is 11. The van der Waals surface area contributed by atoms with Gasteiger partial charge >= 0.3 is 5.97 Å². The summed E-state index contributed by atoms with van der Waals surface area (Å²) in [6, 6.07) is 9.68. The van der Waals surface area contributed by atoms with Crippen LogP contribution < -0.4 is 20.3 Å². The fourth-order valence-corrected chi connectivity index (χ4v) is 6.54. The van der Waals surface area contributed by atoms with E-state index in [2.05, 4.69) is 56.5 Å². The summed E-state index contributed by atoms with van der Waals surface area (Å²) in [5, 5.41) is 16.0. The summed E-state index contributed by atoms with van der Waals surface area (Å²) >= 11 is 1.31. The quantitative estimate of drug-likeness (QED) is 0.313. The van der Waals surface area contributed by atoms with Crippen LogP contribution in [0.3, 0.4) is 0 Å². The molecular formula is C29H40N6O3S. The van der Waals surface area contributed by atoms with Crippen LogP contribution in [0.1, 0.15) is 42.5 Å². The van der Waals surface area contributed by atoms with E-state index in [1.165, 1.54) is 28.8 Å². The molecule has 1 fully saturated rings. The van der Waals surface area contributed by atoms with E-state index >= 15 is 0 Å². The first-order chi connectivity index (χ1) is 19.0. The SMILES string of the molecule is CN1CCc2cc(SNC(CNC(=O)C3CCCN(CCCc4ccc5c(n4)NCCC5)C3)C(=O)O)ccc21. The maximum absolute atomic E-state index is 12.9. The van der Waals surface area contributed by atoms with Gasteiger partial charge in [-0.25, -0.2) is 9.71 Å². The average molecular weight is 553 g/mol. The molecule has 2 aromatic rings. The Morgan fingerprint density at radius 2 is 2.08 bits per heavy atom. The van der Waals surface area contributed by atoms with Crippen molar-refractivity contribution < 1.29 is 14.7 Å². The lowest BCUT2D eigenvalue weighted by molar-refractivity contribution is -0.139. The molecule has 1 aromatic heterocycles. The fourth-order valence-electron chi connectivity index (χ4n) is 5.74. The molecule has 0 bridgehead atoms. The molecule has 2 unspecified atom stereocenters. The molecule has 1 aromatic carbocycles. The molecular weight excluding hydrogens is 512 g/mol. The third kappa shape index (κ3) is 7.23. The summed E-state index contributed by atoms with van der Waals surface area (Å²) in [5.41, 5.74) is 4.94. The van der Waals surface area contributed by atoms with E-state index in [9.17, 15) is 14.7 Å². The highest BCUT2D eigenvalue weighted by Crippen LogP contribution is 2.30. The van der Waals surface area contributed by atoms with Crippen LogP contribution in [-0.2, 0) is 28.9 Å². The van der Waals surface area contributed by atoms with Gasteiger partial charge in [0.2, 0.25) is 5.91 Å². The highest BCUT2D eigenvalue weighted by Gasteiger charge is 2.27. The zero-order valence-electron chi connectivity index (χ0n) is 22.7. The van der Waals surface area contributed by atoms with E-state index < -0.39 is 12.0 Å². The van der Waals surface area contributed by atoms with Crippen molar-refractivity contribution in [3.05, 3.63) is 47.2 Å². The number of piperidine rings is 1. The van der Waals surface area contributed by atoms with E-state index in [1.54, 1.807) is 0 Å². The number of benzene rings is 1. The molecule has 3 aliphatic rings. The van der Waals surface area contributed by atoms with Crippen molar-refractivity contribution in [3.8, 4) is 0 Å². The van der Waals surface area contributed by atoms with Crippen molar-refractivity contribution >= 4 is 35.3 Å². The number of carbonyl (C=O) groups is 2. The van der Waals surface area contributed by atoms with Gasteiger partial charge in [-0.3, -0.25) is 9.59 Å². The van der Waals surface area contributed by atoms with Crippen molar-refractivity contribution in [2.75, 3.05) is 56.5 Å². The van der Waals surface area contributed by atoms with Crippen LogP contribution in [0.25, 0.3) is 0 Å². The minimum absolute atomic E-state index is 0.0549. The van der Waals surface area contributed by atoms with Crippen LogP contribution in [0.15, 0.2) is 35.2 Å². The van der Waals surface area contributed by atoms with E-state index in [4.69, 9.17) is 4.98 Å². The molecule has 1 amide bonds. The van der Waals surface area contributed by atoms with Crippen LogP contribution >= 0.6 is 11.9 Å². The van der Waals surface area contributed by atoms with Gasteiger partial charge < -0.3 is 25.5 Å². The highest BCUT2D eigenvalue weighted by atomic mass is 32.2. The second kappa shape index (κ2) is 13.0. The van der Waals surface area contributed by atoms with Crippen LogP contribution in [-0.4, -0.2) is 79.2 Å². The zero-order chi connectivity index (χ0) is 27.2. The number of aromatic nitrogens is 1. The number of amides is 1. The molecule has 0 spiro atoms. The number of carbonyl (C=O) groups excluding carboxylic acids is 1. The van der Waals surface area contributed by atoms with E-state index in [0.717, 1.165) is 87.5 Å². The lowest BCUT2D eigenvalue weighted by atomic mass is 9.96. The number of carboxylic acid groups (broad SMARTS) is 1. The van der Waals surface area contributed by atoms with Crippen molar-refractivity contribution in [2.24, 2.45) is 5.92 Å². The third-order valence-electron chi connectivity index (χ3n) is 8.01. The Kier molecular flexibility index (Phi) is 9.26. The normalized spacial score (nSPS) is 19.6. The Bertz CT molecular complexity index is 1180. The summed E-state index contributed by atoms with van der Waals surface area (Å²) in [6.45, 7) is 4.70. The Balaban J connectivity index is 1.05. The molecule has 9 nitrogen and oxygen atoms in total. The topological polar surface area (TPSA) is 110 Å². The number of nitrogens with one attached hydrogen (secondary N) is 3. The molecule has 0 radical (unpaired) electrons. The van der Waals surface area contributed by atoms with Gasteiger partial charge in [-0.2, -0.15) is 0 Å². The predicted octanol–water partition coefficient (Wildman–Crippen LogP) is 2.94. The van der Waals surface area contributed by atoms with E-state index in [0.29, 0.717) is 6.54 Å². The Labute approximate surface area is 235 Å². The van der Waals surface area contributed by atoms with Crippen molar-refractivity contribution in [2.45, 2.75) is 55.9 Å². The summed E-state index contributed by atoms with van der Waals surface area (Å²) in [4.78, 5) is 35.2. The number of pyridine rings is 1. The minimum Gasteiger partial charge on any atom is -0.480 e. The number of hydrogen-bond acceptors (Lipinski definition) is 8. The summed E-state index contributed by atoms with van der Waals surface area (Å²) < 4.78 is 3.04. The smallest absolute Gasteiger partial charge is 0.323 e. The molecule has 39 heavy (non-hydrogen) atoms. The first-order valence-corrected chi connectivity index (χ1v) is 15.0. The number of carboxylic acids is 1. The average Bonchev–Trinajstić information content (AvgIpc) is 3.32. The largest absolute Gasteiger partial charge is 0.480 e. The summed E-state index contributed by atoms with van der Waals surface area (Å²) in [7, 11) is 2.08. The number of anilines is 2.